The summed E-state index contributed by atoms with van der Waals surface area (Å²) >= 11 is 0. The van der Waals surface area contributed by atoms with E-state index in [1.807, 2.05) is 6.92 Å². The highest BCUT2D eigenvalue weighted by molar-refractivity contribution is 5.41. The highest BCUT2D eigenvalue weighted by Gasteiger charge is 2.38. The molecular weight excluding hydrogens is 198 g/mol. The fourth-order valence-electron chi connectivity index (χ4n) is 2.67. The molecule has 0 heterocycles. The van der Waals surface area contributed by atoms with Crippen molar-refractivity contribution in [3.8, 4) is 5.75 Å². The summed E-state index contributed by atoms with van der Waals surface area (Å²) in [4.78, 5) is 0. The molecule has 0 amide bonds. The Morgan fingerprint density at radius 3 is 2.56 bits per heavy atom. The maximum atomic E-state index is 5.94. The van der Waals surface area contributed by atoms with Crippen molar-refractivity contribution in [3.63, 3.8) is 0 Å². The quantitative estimate of drug-likeness (QED) is 0.845. The number of nitrogens with two attached hydrogens (primary N) is 1. The molecule has 1 aliphatic rings. The van der Waals surface area contributed by atoms with Crippen molar-refractivity contribution in [1.29, 1.82) is 0 Å². The van der Waals surface area contributed by atoms with Crippen LogP contribution in [0, 0.1) is 6.92 Å². The van der Waals surface area contributed by atoms with E-state index in [-0.39, 0.29) is 5.41 Å². The predicted octanol–water partition coefficient (Wildman–Crippen LogP) is 2.77. The molecule has 0 unspecified atom stereocenters. The maximum absolute atomic E-state index is 5.94. The Morgan fingerprint density at radius 2 is 2.12 bits per heavy atom. The van der Waals surface area contributed by atoms with Gasteiger partial charge in [0.25, 0.3) is 0 Å². The zero-order chi connectivity index (χ0) is 11.6. The van der Waals surface area contributed by atoms with Crippen LogP contribution in [-0.2, 0) is 5.41 Å². The molecule has 1 aromatic rings. The molecule has 0 aromatic heterocycles. The van der Waals surface area contributed by atoms with E-state index in [1.54, 1.807) is 0 Å². The molecule has 2 heteroatoms. The molecule has 1 aliphatic carbocycles. The lowest BCUT2D eigenvalue weighted by Gasteiger charge is -2.42. The zero-order valence-electron chi connectivity index (χ0n) is 10.3. The number of hydrogen-bond donors (Lipinski definition) is 1. The Kier molecular flexibility index (Phi) is 3.20. The molecule has 0 saturated heterocycles. The first-order valence-electron chi connectivity index (χ1n) is 6.16. The lowest BCUT2D eigenvalue weighted by Crippen LogP contribution is -2.42. The molecule has 0 radical (unpaired) electrons. The Hall–Kier alpha value is -1.02. The van der Waals surface area contributed by atoms with E-state index in [0.717, 1.165) is 18.9 Å². The lowest BCUT2D eigenvalue weighted by atomic mass is 9.63. The molecule has 1 aromatic carbocycles. The monoisotopic (exact) mass is 219 g/mol. The van der Waals surface area contributed by atoms with Gasteiger partial charge < -0.3 is 10.5 Å². The summed E-state index contributed by atoms with van der Waals surface area (Å²) in [5, 5.41) is 0. The number of aryl methyl sites for hydroxylation is 1. The second kappa shape index (κ2) is 4.46. The van der Waals surface area contributed by atoms with E-state index in [1.165, 1.54) is 30.4 Å². The normalized spacial score (nSPS) is 17.9. The maximum Gasteiger partial charge on any atom is 0.119 e. The van der Waals surface area contributed by atoms with Gasteiger partial charge in [-0.1, -0.05) is 12.5 Å². The first kappa shape index (κ1) is 11.5. The Morgan fingerprint density at radius 1 is 1.38 bits per heavy atom. The SMILES string of the molecule is CCOc1ccc(C2(CN)CCC2)c(C)c1. The van der Waals surface area contributed by atoms with Gasteiger partial charge in [0.15, 0.2) is 0 Å². The smallest absolute Gasteiger partial charge is 0.119 e. The van der Waals surface area contributed by atoms with Gasteiger partial charge in [-0.15, -0.1) is 0 Å². The van der Waals surface area contributed by atoms with Crippen molar-refractivity contribution in [2.75, 3.05) is 13.2 Å². The van der Waals surface area contributed by atoms with Gasteiger partial charge in [0.2, 0.25) is 0 Å². The molecule has 1 fully saturated rings. The fourth-order valence-corrected chi connectivity index (χ4v) is 2.67. The zero-order valence-corrected chi connectivity index (χ0v) is 10.3. The lowest BCUT2D eigenvalue weighted by molar-refractivity contribution is 0.251. The van der Waals surface area contributed by atoms with Gasteiger partial charge in [-0.25, -0.2) is 0 Å². The summed E-state index contributed by atoms with van der Waals surface area (Å²) < 4.78 is 5.51. The third-order valence-corrected chi connectivity index (χ3v) is 3.78. The van der Waals surface area contributed by atoms with Gasteiger partial charge in [0.05, 0.1) is 6.61 Å². The first-order chi connectivity index (χ1) is 7.72. The number of ether oxygens (including phenoxy) is 1. The van der Waals surface area contributed by atoms with Crippen LogP contribution in [0.4, 0.5) is 0 Å². The summed E-state index contributed by atoms with van der Waals surface area (Å²) in [5.41, 5.74) is 8.93. The second-order valence-electron chi connectivity index (χ2n) is 4.75. The van der Waals surface area contributed by atoms with Crippen molar-refractivity contribution in [2.45, 2.75) is 38.5 Å². The topological polar surface area (TPSA) is 35.2 Å². The second-order valence-corrected chi connectivity index (χ2v) is 4.75. The third-order valence-electron chi connectivity index (χ3n) is 3.78. The standard InChI is InChI=1S/C14H21NO/c1-3-16-12-5-6-13(11(2)9-12)14(10-15)7-4-8-14/h5-6,9H,3-4,7-8,10,15H2,1-2H3. The van der Waals surface area contributed by atoms with Crippen LogP contribution in [0.5, 0.6) is 5.75 Å². The Bertz CT molecular complexity index is 363. The van der Waals surface area contributed by atoms with E-state index in [9.17, 15) is 0 Å². The average Bonchev–Trinajstić information content (AvgIpc) is 2.20. The fraction of sp³-hybridized carbons (Fsp3) is 0.571. The molecule has 0 spiro atoms. The highest BCUT2D eigenvalue weighted by atomic mass is 16.5. The Labute approximate surface area is 97.8 Å². The van der Waals surface area contributed by atoms with E-state index in [4.69, 9.17) is 10.5 Å². The van der Waals surface area contributed by atoms with E-state index < -0.39 is 0 Å². The molecule has 16 heavy (non-hydrogen) atoms. The van der Waals surface area contributed by atoms with Gasteiger partial charge >= 0.3 is 0 Å². The van der Waals surface area contributed by atoms with E-state index in [0.29, 0.717) is 0 Å². The predicted molar refractivity (Wildman–Crippen MR) is 66.9 cm³/mol. The van der Waals surface area contributed by atoms with E-state index >= 15 is 0 Å². The molecule has 0 atom stereocenters. The molecule has 2 N–H and O–H groups in total. The minimum absolute atomic E-state index is 0.259. The van der Waals surface area contributed by atoms with Gasteiger partial charge in [-0.2, -0.15) is 0 Å². The van der Waals surface area contributed by atoms with Crippen molar-refractivity contribution >= 4 is 0 Å². The largest absolute Gasteiger partial charge is 0.494 e. The van der Waals surface area contributed by atoms with Gasteiger partial charge in [-0.05, 0) is 49.9 Å². The van der Waals surface area contributed by atoms with Gasteiger partial charge in [-0.3, -0.25) is 0 Å². The van der Waals surface area contributed by atoms with Crippen LogP contribution in [0.3, 0.4) is 0 Å². The molecule has 88 valence electrons. The minimum atomic E-state index is 0.259. The number of benzene rings is 1. The third kappa shape index (κ3) is 1.82. The van der Waals surface area contributed by atoms with Gasteiger partial charge in [0, 0.05) is 12.0 Å². The summed E-state index contributed by atoms with van der Waals surface area (Å²) in [6, 6.07) is 6.41. The van der Waals surface area contributed by atoms with Crippen LogP contribution in [0.25, 0.3) is 0 Å². The van der Waals surface area contributed by atoms with Gasteiger partial charge in [0.1, 0.15) is 5.75 Å². The summed E-state index contributed by atoms with van der Waals surface area (Å²) in [5.74, 6) is 0.968. The summed E-state index contributed by atoms with van der Waals surface area (Å²) in [7, 11) is 0. The molecule has 0 bridgehead atoms. The van der Waals surface area contributed by atoms with Crippen molar-refractivity contribution in [1.82, 2.24) is 0 Å². The van der Waals surface area contributed by atoms with Crippen LogP contribution in [-0.4, -0.2) is 13.2 Å². The van der Waals surface area contributed by atoms with Crippen molar-refractivity contribution < 1.29 is 4.74 Å². The van der Waals surface area contributed by atoms with Crippen LogP contribution >= 0.6 is 0 Å². The Balaban J connectivity index is 2.28. The molecule has 1 saturated carbocycles. The van der Waals surface area contributed by atoms with Crippen molar-refractivity contribution in [2.24, 2.45) is 5.73 Å². The highest BCUT2D eigenvalue weighted by Crippen LogP contribution is 2.44. The molecule has 2 nitrogen and oxygen atoms in total. The van der Waals surface area contributed by atoms with Crippen LogP contribution in [0.2, 0.25) is 0 Å². The van der Waals surface area contributed by atoms with Crippen molar-refractivity contribution in [3.05, 3.63) is 29.3 Å². The number of hydrogen-bond acceptors (Lipinski definition) is 2. The van der Waals surface area contributed by atoms with E-state index in [2.05, 4.69) is 25.1 Å². The van der Waals surface area contributed by atoms with Crippen LogP contribution < -0.4 is 10.5 Å². The summed E-state index contributed by atoms with van der Waals surface area (Å²) in [6.45, 7) is 5.66. The molecular formula is C14H21NO. The van der Waals surface area contributed by atoms with Crippen LogP contribution in [0.1, 0.15) is 37.3 Å². The molecule has 2 rings (SSSR count). The minimum Gasteiger partial charge on any atom is -0.494 e. The summed E-state index contributed by atoms with van der Waals surface area (Å²) in [6.07, 6.45) is 3.78. The average molecular weight is 219 g/mol. The number of rotatable bonds is 4. The molecule has 0 aliphatic heterocycles. The first-order valence-corrected chi connectivity index (χ1v) is 6.16. The van der Waals surface area contributed by atoms with Crippen LogP contribution in [0.15, 0.2) is 18.2 Å².